The summed E-state index contributed by atoms with van der Waals surface area (Å²) in [5.74, 6) is -0.625. The summed E-state index contributed by atoms with van der Waals surface area (Å²) < 4.78 is 36.5. The fraction of sp³-hybridized carbons (Fsp3) is 0.462. The smallest absolute Gasteiger partial charge is 0.339 e. The van der Waals surface area contributed by atoms with Gasteiger partial charge in [-0.25, -0.2) is 13.2 Å². The summed E-state index contributed by atoms with van der Waals surface area (Å²) in [6.07, 6.45) is 0. The first-order chi connectivity index (χ1) is 9.57. The summed E-state index contributed by atoms with van der Waals surface area (Å²) in [5.41, 5.74) is 0.0702. The third-order valence-corrected chi connectivity index (χ3v) is 4.93. The second-order valence-corrected chi connectivity index (χ2v) is 6.14. The zero-order valence-electron chi connectivity index (χ0n) is 11.2. The van der Waals surface area contributed by atoms with Crippen LogP contribution in [0, 0.1) is 0 Å². The van der Waals surface area contributed by atoms with Gasteiger partial charge in [0.05, 0.1) is 30.3 Å². The second kappa shape index (κ2) is 6.34. The Morgan fingerprint density at radius 3 is 2.60 bits per heavy atom. The number of morpholine rings is 1. The number of carbonyl (C=O) groups is 1. The largest absolute Gasteiger partial charge is 0.462 e. The molecule has 1 saturated heterocycles. The Hall–Kier alpha value is -1.44. The van der Waals surface area contributed by atoms with Crippen molar-refractivity contribution in [3.63, 3.8) is 0 Å². The van der Waals surface area contributed by atoms with Crippen LogP contribution in [0.4, 0.5) is 0 Å². The number of nitrogens with zero attached hydrogens (tertiary/aromatic N) is 1. The molecule has 110 valence electrons. The fourth-order valence-corrected chi connectivity index (χ4v) is 3.58. The lowest BCUT2D eigenvalue weighted by molar-refractivity contribution is 0.0521. The summed E-state index contributed by atoms with van der Waals surface area (Å²) >= 11 is 0. The molecule has 2 rings (SSSR count). The van der Waals surface area contributed by atoms with Crippen molar-refractivity contribution in [2.75, 3.05) is 32.9 Å². The van der Waals surface area contributed by atoms with E-state index in [1.807, 2.05) is 0 Å². The highest BCUT2D eigenvalue weighted by Crippen LogP contribution is 2.21. The monoisotopic (exact) mass is 299 g/mol. The van der Waals surface area contributed by atoms with E-state index in [4.69, 9.17) is 9.47 Å². The second-order valence-electron chi connectivity index (χ2n) is 4.23. The molecule has 0 aliphatic carbocycles. The predicted octanol–water partition coefficient (Wildman–Crippen LogP) is 0.884. The van der Waals surface area contributed by atoms with Crippen molar-refractivity contribution in [3.8, 4) is 0 Å². The molecule has 0 radical (unpaired) electrons. The van der Waals surface area contributed by atoms with Crippen LogP contribution in [-0.4, -0.2) is 51.6 Å². The van der Waals surface area contributed by atoms with Crippen molar-refractivity contribution in [1.29, 1.82) is 0 Å². The molecular formula is C13H17NO5S. The molecule has 1 aliphatic heterocycles. The Bertz CT molecular complexity index is 578. The van der Waals surface area contributed by atoms with Gasteiger partial charge in [-0.05, 0) is 19.1 Å². The summed E-state index contributed by atoms with van der Waals surface area (Å²) in [5, 5.41) is 0. The highest BCUT2D eigenvalue weighted by Gasteiger charge is 2.30. The molecule has 0 N–H and O–H groups in total. The normalized spacial score (nSPS) is 16.9. The number of carbonyl (C=O) groups excluding carboxylic acids is 1. The number of rotatable bonds is 4. The lowest BCUT2D eigenvalue weighted by Gasteiger charge is -2.26. The molecule has 1 aliphatic rings. The lowest BCUT2D eigenvalue weighted by Crippen LogP contribution is -2.41. The third-order valence-electron chi connectivity index (χ3n) is 2.97. The van der Waals surface area contributed by atoms with E-state index < -0.39 is 16.0 Å². The van der Waals surface area contributed by atoms with Gasteiger partial charge in [-0.15, -0.1) is 0 Å². The van der Waals surface area contributed by atoms with Crippen LogP contribution >= 0.6 is 0 Å². The van der Waals surface area contributed by atoms with Crippen LogP contribution in [0.15, 0.2) is 29.2 Å². The third kappa shape index (κ3) is 3.00. The lowest BCUT2D eigenvalue weighted by atomic mass is 10.2. The van der Waals surface area contributed by atoms with Gasteiger partial charge >= 0.3 is 5.97 Å². The van der Waals surface area contributed by atoms with Gasteiger partial charge in [-0.1, -0.05) is 12.1 Å². The van der Waals surface area contributed by atoms with Crippen molar-refractivity contribution < 1.29 is 22.7 Å². The summed E-state index contributed by atoms with van der Waals surface area (Å²) in [4.78, 5) is 11.9. The van der Waals surface area contributed by atoms with Crippen LogP contribution in [-0.2, 0) is 19.5 Å². The van der Waals surface area contributed by atoms with Crippen molar-refractivity contribution in [2.24, 2.45) is 0 Å². The van der Waals surface area contributed by atoms with Crippen LogP contribution in [0.25, 0.3) is 0 Å². The van der Waals surface area contributed by atoms with Gasteiger partial charge in [0.15, 0.2) is 0 Å². The molecule has 0 unspecified atom stereocenters. The maximum atomic E-state index is 12.6. The molecule has 7 heteroatoms. The van der Waals surface area contributed by atoms with E-state index in [0.717, 1.165) is 0 Å². The molecule has 0 atom stereocenters. The summed E-state index contributed by atoms with van der Waals surface area (Å²) in [6.45, 7) is 3.18. The van der Waals surface area contributed by atoms with Crippen LogP contribution < -0.4 is 0 Å². The van der Waals surface area contributed by atoms with Crippen LogP contribution in [0.1, 0.15) is 17.3 Å². The average molecular weight is 299 g/mol. The zero-order chi connectivity index (χ0) is 14.6. The van der Waals surface area contributed by atoms with E-state index in [-0.39, 0.29) is 17.1 Å². The van der Waals surface area contributed by atoms with Crippen molar-refractivity contribution in [1.82, 2.24) is 4.31 Å². The number of hydrogen-bond acceptors (Lipinski definition) is 5. The molecule has 6 nitrogen and oxygen atoms in total. The standard InChI is InChI=1S/C13H17NO5S/c1-2-19-13(15)11-5-3-4-6-12(11)20(16,17)14-7-9-18-10-8-14/h3-6H,2,7-10H2,1H3. The topological polar surface area (TPSA) is 72.9 Å². The number of hydrogen-bond donors (Lipinski definition) is 0. The molecular weight excluding hydrogens is 282 g/mol. The van der Waals surface area contributed by atoms with Crippen LogP contribution in [0.3, 0.4) is 0 Å². The minimum Gasteiger partial charge on any atom is -0.462 e. The van der Waals surface area contributed by atoms with Gasteiger partial charge in [-0.2, -0.15) is 4.31 Å². The zero-order valence-corrected chi connectivity index (χ0v) is 12.1. The van der Waals surface area contributed by atoms with E-state index in [2.05, 4.69) is 0 Å². The van der Waals surface area contributed by atoms with Crippen LogP contribution in [0.2, 0.25) is 0 Å². The van der Waals surface area contributed by atoms with Crippen molar-refractivity contribution in [3.05, 3.63) is 29.8 Å². The predicted molar refractivity (Wildman–Crippen MR) is 72.0 cm³/mol. The highest BCUT2D eigenvalue weighted by atomic mass is 32.2. The molecule has 0 spiro atoms. The maximum Gasteiger partial charge on any atom is 0.339 e. The van der Waals surface area contributed by atoms with Gasteiger partial charge < -0.3 is 9.47 Å². The van der Waals surface area contributed by atoms with E-state index in [1.54, 1.807) is 19.1 Å². The Labute approximate surface area is 118 Å². The van der Waals surface area contributed by atoms with Crippen molar-refractivity contribution >= 4 is 16.0 Å². The number of ether oxygens (including phenoxy) is 2. The Morgan fingerprint density at radius 1 is 1.30 bits per heavy atom. The molecule has 1 fully saturated rings. The van der Waals surface area contributed by atoms with Crippen molar-refractivity contribution in [2.45, 2.75) is 11.8 Å². The molecule has 0 amide bonds. The first-order valence-electron chi connectivity index (χ1n) is 6.41. The molecule has 1 heterocycles. The number of sulfonamides is 1. The molecule has 0 bridgehead atoms. The van der Waals surface area contributed by atoms with Gasteiger partial charge in [0, 0.05) is 13.1 Å². The average Bonchev–Trinajstić information content (AvgIpc) is 2.48. The SMILES string of the molecule is CCOC(=O)c1ccccc1S(=O)(=O)N1CCOCC1. The van der Waals surface area contributed by atoms with Crippen LogP contribution in [0.5, 0.6) is 0 Å². The van der Waals surface area contributed by atoms with E-state index in [9.17, 15) is 13.2 Å². The number of esters is 1. The fourth-order valence-electron chi connectivity index (χ4n) is 2.00. The molecule has 20 heavy (non-hydrogen) atoms. The first-order valence-corrected chi connectivity index (χ1v) is 7.85. The van der Waals surface area contributed by atoms with E-state index in [0.29, 0.717) is 26.3 Å². The van der Waals surface area contributed by atoms with E-state index in [1.165, 1.54) is 16.4 Å². The summed E-state index contributed by atoms with van der Waals surface area (Å²) in [7, 11) is -3.70. The first kappa shape index (κ1) is 15.0. The summed E-state index contributed by atoms with van der Waals surface area (Å²) in [6, 6.07) is 6.10. The van der Waals surface area contributed by atoms with Gasteiger partial charge in [0.1, 0.15) is 0 Å². The van der Waals surface area contributed by atoms with E-state index >= 15 is 0 Å². The minimum absolute atomic E-state index is 0.0136. The molecule has 1 aromatic carbocycles. The maximum absolute atomic E-state index is 12.6. The minimum atomic E-state index is -3.70. The van der Waals surface area contributed by atoms with Gasteiger partial charge in [0.2, 0.25) is 10.0 Å². The molecule has 0 aromatic heterocycles. The quantitative estimate of drug-likeness (QED) is 0.772. The molecule has 0 saturated carbocycles. The highest BCUT2D eigenvalue weighted by molar-refractivity contribution is 7.89. The van der Waals surface area contributed by atoms with Gasteiger partial charge in [0.25, 0.3) is 0 Å². The number of benzene rings is 1. The molecule has 1 aromatic rings. The Kier molecular flexibility index (Phi) is 4.74. The Morgan fingerprint density at radius 2 is 1.95 bits per heavy atom. The van der Waals surface area contributed by atoms with Gasteiger partial charge in [-0.3, -0.25) is 0 Å². The Balaban J connectivity index is 2.38.